The molecule has 0 bridgehead atoms. The summed E-state index contributed by atoms with van der Waals surface area (Å²) in [5.41, 5.74) is 0.479. The van der Waals surface area contributed by atoms with Crippen molar-refractivity contribution in [3.63, 3.8) is 0 Å². The van der Waals surface area contributed by atoms with Gasteiger partial charge in [0, 0.05) is 25.1 Å². The smallest absolute Gasteiger partial charge is 0.246 e. The molecular formula is C12H20N2O3. The van der Waals surface area contributed by atoms with E-state index in [4.69, 9.17) is 4.74 Å². The highest BCUT2D eigenvalue weighted by atomic mass is 16.5. The van der Waals surface area contributed by atoms with Crippen molar-refractivity contribution in [2.24, 2.45) is 0 Å². The number of nitrogens with zero attached hydrogens (tertiary/aromatic N) is 1. The summed E-state index contributed by atoms with van der Waals surface area (Å²) in [6.45, 7) is 8.63. The van der Waals surface area contributed by atoms with Gasteiger partial charge in [-0.05, 0) is 20.3 Å². The zero-order valence-electron chi connectivity index (χ0n) is 10.5. The summed E-state index contributed by atoms with van der Waals surface area (Å²) < 4.78 is 5.49. The average Bonchev–Trinajstić information content (AvgIpc) is 2.70. The van der Waals surface area contributed by atoms with E-state index < -0.39 is 0 Å². The fourth-order valence-electron chi connectivity index (χ4n) is 1.69. The summed E-state index contributed by atoms with van der Waals surface area (Å²) in [6, 6.07) is 0. The number of hydrogen-bond donors (Lipinski definition) is 1. The molecule has 1 aliphatic rings. The number of likely N-dealkylation sites (tertiary alicyclic amines) is 1. The van der Waals surface area contributed by atoms with Gasteiger partial charge < -0.3 is 15.0 Å². The van der Waals surface area contributed by atoms with Gasteiger partial charge in [0.1, 0.15) is 6.23 Å². The van der Waals surface area contributed by atoms with Crippen molar-refractivity contribution in [2.45, 2.75) is 32.9 Å². The van der Waals surface area contributed by atoms with Crippen molar-refractivity contribution in [1.82, 2.24) is 10.2 Å². The molecule has 17 heavy (non-hydrogen) atoms. The van der Waals surface area contributed by atoms with Gasteiger partial charge >= 0.3 is 0 Å². The standard InChI is InChI=1S/C12H20N2O3/c1-9(2)12(16)13-6-8-17-10(3)14-7-4-5-11(14)15/h10H,1,4-8H2,2-3H3,(H,13,16). The summed E-state index contributed by atoms with van der Waals surface area (Å²) in [5, 5.41) is 2.67. The number of hydrogen-bond acceptors (Lipinski definition) is 3. The zero-order valence-corrected chi connectivity index (χ0v) is 10.5. The van der Waals surface area contributed by atoms with Crippen LogP contribution in [0.4, 0.5) is 0 Å². The summed E-state index contributed by atoms with van der Waals surface area (Å²) in [4.78, 5) is 24.3. The van der Waals surface area contributed by atoms with Crippen LogP contribution < -0.4 is 5.32 Å². The highest BCUT2D eigenvalue weighted by Crippen LogP contribution is 2.13. The van der Waals surface area contributed by atoms with Crippen LogP contribution in [-0.2, 0) is 14.3 Å². The van der Waals surface area contributed by atoms with Gasteiger partial charge in [-0.2, -0.15) is 0 Å². The number of carbonyl (C=O) groups is 2. The van der Waals surface area contributed by atoms with Crippen LogP contribution in [0.25, 0.3) is 0 Å². The molecule has 2 amide bonds. The Hall–Kier alpha value is -1.36. The van der Waals surface area contributed by atoms with Crippen LogP contribution in [0.15, 0.2) is 12.2 Å². The summed E-state index contributed by atoms with van der Waals surface area (Å²) in [6.07, 6.45) is 1.30. The lowest BCUT2D eigenvalue weighted by molar-refractivity contribution is -0.139. The van der Waals surface area contributed by atoms with Crippen molar-refractivity contribution in [2.75, 3.05) is 19.7 Å². The predicted molar refractivity (Wildman–Crippen MR) is 64.2 cm³/mol. The van der Waals surface area contributed by atoms with Crippen LogP contribution >= 0.6 is 0 Å². The van der Waals surface area contributed by atoms with Crippen molar-refractivity contribution in [3.8, 4) is 0 Å². The van der Waals surface area contributed by atoms with E-state index in [9.17, 15) is 9.59 Å². The quantitative estimate of drug-likeness (QED) is 0.548. The molecule has 1 N–H and O–H groups in total. The minimum absolute atomic E-state index is 0.142. The number of amides is 2. The molecule has 5 heteroatoms. The molecule has 1 heterocycles. The minimum atomic E-state index is -0.216. The van der Waals surface area contributed by atoms with E-state index in [1.165, 1.54) is 0 Å². The third-order valence-corrected chi connectivity index (χ3v) is 2.68. The highest BCUT2D eigenvalue weighted by Gasteiger charge is 2.25. The number of nitrogens with one attached hydrogen (secondary N) is 1. The molecule has 1 unspecified atom stereocenters. The molecule has 1 aliphatic heterocycles. The normalized spacial score (nSPS) is 17.1. The van der Waals surface area contributed by atoms with Gasteiger partial charge in [-0.3, -0.25) is 9.59 Å². The summed E-state index contributed by atoms with van der Waals surface area (Å²) >= 11 is 0. The maximum atomic E-state index is 11.4. The van der Waals surface area contributed by atoms with E-state index in [1.54, 1.807) is 11.8 Å². The maximum absolute atomic E-state index is 11.4. The largest absolute Gasteiger partial charge is 0.357 e. The van der Waals surface area contributed by atoms with E-state index >= 15 is 0 Å². The Morgan fingerprint density at radius 1 is 1.65 bits per heavy atom. The van der Waals surface area contributed by atoms with Gasteiger partial charge in [0.25, 0.3) is 0 Å². The van der Waals surface area contributed by atoms with Crippen molar-refractivity contribution >= 4 is 11.8 Å². The van der Waals surface area contributed by atoms with Crippen molar-refractivity contribution in [3.05, 3.63) is 12.2 Å². The number of rotatable bonds is 6. The lowest BCUT2D eigenvalue weighted by atomic mass is 10.3. The molecule has 1 saturated heterocycles. The average molecular weight is 240 g/mol. The topological polar surface area (TPSA) is 58.6 Å². The summed E-state index contributed by atoms with van der Waals surface area (Å²) in [5.74, 6) is -0.0260. The second-order valence-electron chi connectivity index (χ2n) is 4.20. The Balaban J connectivity index is 2.16. The first-order chi connectivity index (χ1) is 8.02. The number of carbonyl (C=O) groups excluding carboxylic acids is 2. The first kappa shape index (κ1) is 13.7. The molecule has 5 nitrogen and oxygen atoms in total. The van der Waals surface area contributed by atoms with Gasteiger partial charge in [-0.15, -0.1) is 0 Å². The molecule has 0 radical (unpaired) electrons. The first-order valence-electron chi connectivity index (χ1n) is 5.87. The van der Waals surface area contributed by atoms with E-state index in [0.717, 1.165) is 13.0 Å². The van der Waals surface area contributed by atoms with Gasteiger partial charge in [-0.25, -0.2) is 0 Å². The van der Waals surface area contributed by atoms with Crippen LogP contribution in [0.5, 0.6) is 0 Å². The summed E-state index contributed by atoms with van der Waals surface area (Å²) in [7, 11) is 0. The third-order valence-electron chi connectivity index (χ3n) is 2.68. The highest BCUT2D eigenvalue weighted by molar-refractivity contribution is 5.92. The molecule has 0 aromatic rings. The lowest BCUT2D eigenvalue weighted by Crippen LogP contribution is -2.38. The van der Waals surface area contributed by atoms with E-state index in [1.807, 2.05) is 6.92 Å². The number of ether oxygens (including phenoxy) is 1. The molecule has 0 aromatic heterocycles. The molecular weight excluding hydrogens is 220 g/mol. The molecule has 96 valence electrons. The van der Waals surface area contributed by atoms with Crippen molar-refractivity contribution in [1.29, 1.82) is 0 Å². The van der Waals surface area contributed by atoms with Gasteiger partial charge in [0.15, 0.2) is 0 Å². The molecule has 0 saturated carbocycles. The molecule has 1 atom stereocenters. The Morgan fingerprint density at radius 2 is 2.35 bits per heavy atom. The maximum Gasteiger partial charge on any atom is 0.246 e. The fraction of sp³-hybridized carbons (Fsp3) is 0.667. The van der Waals surface area contributed by atoms with Crippen LogP contribution in [0, 0.1) is 0 Å². The van der Waals surface area contributed by atoms with E-state index in [0.29, 0.717) is 25.1 Å². The first-order valence-corrected chi connectivity index (χ1v) is 5.87. The van der Waals surface area contributed by atoms with Crippen LogP contribution in [0.3, 0.4) is 0 Å². The van der Waals surface area contributed by atoms with Gasteiger partial charge in [0.2, 0.25) is 11.8 Å². The van der Waals surface area contributed by atoms with Crippen LogP contribution in [0.1, 0.15) is 26.7 Å². The predicted octanol–water partition coefficient (Wildman–Crippen LogP) is 0.664. The molecule has 0 aliphatic carbocycles. The minimum Gasteiger partial charge on any atom is -0.357 e. The lowest BCUT2D eigenvalue weighted by Gasteiger charge is -2.24. The van der Waals surface area contributed by atoms with Crippen LogP contribution in [0.2, 0.25) is 0 Å². The second-order valence-corrected chi connectivity index (χ2v) is 4.20. The van der Waals surface area contributed by atoms with E-state index in [-0.39, 0.29) is 18.0 Å². The Morgan fingerprint density at radius 3 is 2.88 bits per heavy atom. The third kappa shape index (κ3) is 4.19. The fourth-order valence-corrected chi connectivity index (χ4v) is 1.69. The molecule has 1 fully saturated rings. The van der Waals surface area contributed by atoms with Gasteiger partial charge in [0.05, 0.1) is 6.61 Å². The Bertz CT molecular complexity index is 315. The van der Waals surface area contributed by atoms with Gasteiger partial charge in [-0.1, -0.05) is 6.58 Å². The van der Waals surface area contributed by atoms with Crippen molar-refractivity contribution < 1.29 is 14.3 Å². The SMILES string of the molecule is C=C(C)C(=O)NCCOC(C)N1CCCC1=O. The monoisotopic (exact) mass is 240 g/mol. The molecule has 0 aromatic carbocycles. The second kappa shape index (κ2) is 6.39. The zero-order chi connectivity index (χ0) is 12.8. The van der Waals surface area contributed by atoms with E-state index in [2.05, 4.69) is 11.9 Å². The Kier molecular flexibility index (Phi) is 5.15. The van der Waals surface area contributed by atoms with Crippen LogP contribution in [-0.4, -0.2) is 42.6 Å². The Labute approximate surface area is 102 Å². The molecule has 0 spiro atoms. The molecule has 1 rings (SSSR count).